The molecule has 1 aromatic rings. The Labute approximate surface area is 134 Å². The second-order valence-electron chi connectivity index (χ2n) is 4.38. The van der Waals surface area contributed by atoms with Gasteiger partial charge in [-0.15, -0.1) is 11.3 Å². The Hall–Kier alpha value is -0.560. The fourth-order valence-corrected chi connectivity index (χ4v) is 5.02. The molecule has 0 aliphatic rings. The van der Waals surface area contributed by atoms with E-state index in [1.54, 1.807) is 13.8 Å². The molecule has 22 heavy (non-hydrogen) atoms. The van der Waals surface area contributed by atoms with Crippen molar-refractivity contribution in [3.05, 3.63) is 11.6 Å². The van der Waals surface area contributed by atoms with Crippen LogP contribution in [0.1, 0.15) is 25.5 Å². The molecule has 2 unspecified atom stereocenters. The lowest BCUT2D eigenvalue weighted by Crippen LogP contribution is -2.21. The van der Waals surface area contributed by atoms with Gasteiger partial charge in [-0.05, 0) is 19.9 Å². The van der Waals surface area contributed by atoms with E-state index in [9.17, 15) is 16.8 Å². The van der Waals surface area contributed by atoms with Gasteiger partial charge in [-0.2, -0.15) is 0 Å². The molecule has 0 spiro atoms. The quantitative estimate of drug-likeness (QED) is 0.670. The van der Waals surface area contributed by atoms with E-state index in [-0.39, 0.29) is 14.0 Å². The highest BCUT2D eigenvalue weighted by Gasteiger charge is 2.27. The van der Waals surface area contributed by atoms with Crippen molar-refractivity contribution in [2.24, 2.45) is 5.14 Å². The highest BCUT2D eigenvalue weighted by molar-refractivity contribution is 7.94. The molecule has 1 aromatic heterocycles. The molecular formula is C11H19NO7S3. The van der Waals surface area contributed by atoms with E-state index in [2.05, 4.69) is 0 Å². The largest absolute Gasteiger partial charge is 0.333 e. The number of hydrogen-bond acceptors (Lipinski definition) is 8. The minimum absolute atomic E-state index is 0.115. The maximum absolute atomic E-state index is 11.8. The molecule has 0 radical (unpaired) electrons. The average Bonchev–Trinajstić information content (AvgIpc) is 2.82. The number of rotatable bonds is 8. The van der Waals surface area contributed by atoms with Gasteiger partial charge in [-0.3, -0.25) is 0 Å². The number of ether oxygens (including phenoxy) is 3. The molecule has 0 aromatic carbocycles. The fraction of sp³-hybridized carbons (Fsp3) is 0.636. The maximum atomic E-state index is 11.8. The van der Waals surface area contributed by atoms with E-state index >= 15 is 0 Å². The van der Waals surface area contributed by atoms with Crippen molar-refractivity contribution < 1.29 is 31.0 Å². The number of methoxy groups -OCH3 is 1. The third-order valence-electron chi connectivity index (χ3n) is 2.57. The summed E-state index contributed by atoms with van der Waals surface area (Å²) in [5.41, 5.74) is 0.193. The molecule has 0 amide bonds. The van der Waals surface area contributed by atoms with Crippen LogP contribution >= 0.6 is 11.3 Å². The molecule has 0 saturated carbocycles. The van der Waals surface area contributed by atoms with E-state index < -0.39 is 32.4 Å². The Morgan fingerprint density at radius 3 is 2.32 bits per heavy atom. The Morgan fingerprint density at radius 2 is 1.91 bits per heavy atom. The number of sulfonamides is 1. The summed E-state index contributed by atoms with van der Waals surface area (Å²) >= 11 is 0.587. The Balaban J connectivity index is 3.24. The zero-order chi connectivity index (χ0) is 17.1. The van der Waals surface area contributed by atoms with E-state index in [1.165, 1.54) is 13.2 Å². The minimum Gasteiger partial charge on any atom is -0.333 e. The summed E-state index contributed by atoms with van der Waals surface area (Å²) in [5, 5.41) is 5.06. The first-order chi connectivity index (χ1) is 10.0. The SMILES string of the molecule is CCOC(OC)OC(C)c1cc(S(N)(=O)=O)sc1S(C)(=O)=O. The van der Waals surface area contributed by atoms with Crippen LogP contribution in [0.15, 0.2) is 14.5 Å². The maximum Gasteiger partial charge on any atom is 0.271 e. The predicted molar refractivity (Wildman–Crippen MR) is 80.7 cm³/mol. The second-order valence-corrected chi connectivity index (χ2v) is 9.43. The normalized spacial score (nSPS) is 15.7. The predicted octanol–water partition coefficient (Wildman–Crippen LogP) is 0.843. The summed E-state index contributed by atoms with van der Waals surface area (Å²) in [7, 11) is -6.27. The molecule has 0 bridgehead atoms. The first-order valence-corrected chi connectivity index (χ1v) is 10.4. The molecular weight excluding hydrogens is 354 g/mol. The summed E-state index contributed by atoms with van der Waals surface area (Å²) in [4.78, 5) is 0. The monoisotopic (exact) mass is 373 g/mol. The lowest BCUT2D eigenvalue weighted by molar-refractivity contribution is -0.292. The van der Waals surface area contributed by atoms with Gasteiger partial charge >= 0.3 is 0 Å². The molecule has 0 aliphatic heterocycles. The van der Waals surface area contributed by atoms with Crippen LogP contribution in [0.4, 0.5) is 0 Å². The molecule has 1 heterocycles. The summed E-state index contributed by atoms with van der Waals surface area (Å²) in [5.74, 6) is 0. The van der Waals surface area contributed by atoms with Gasteiger partial charge in [0, 0.05) is 25.5 Å². The Morgan fingerprint density at radius 1 is 1.32 bits per heavy atom. The van der Waals surface area contributed by atoms with Crippen LogP contribution in [0.25, 0.3) is 0 Å². The zero-order valence-corrected chi connectivity index (χ0v) is 15.0. The van der Waals surface area contributed by atoms with Gasteiger partial charge in [0.1, 0.15) is 8.42 Å². The molecule has 0 saturated heterocycles. The average molecular weight is 373 g/mol. The highest BCUT2D eigenvalue weighted by Crippen LogP contribution is 2.35. The lowest BCUT2D eigenvalue weighted by atomic mass is 10.2. The Bertz CT molecular complexity index is 708. The van der Waals surface area contributed by atoms with E-state index in [1.807, 2.05) is 0 Å². The van der Waals surface area contributed by atoms with Crippen molar-refractivity contribution in [1.82, 2.24) is 0 Å². The van der Waals surface area contributed by atoms with Crippen molar-refractivity contribution in [3.8, 4) is 0 Å². The van der Waals surface area contributed by atoms with Crippen LogP contribution in [0, 0.1) is 0 Å². The summed E-state index contributed by atoms with van der Waals surface area (Å²) in [6, 6.07) is 1.19. The van der Waals surface area contributed by atoms with Crippen molar-refractivity contribution in [3.63, 3.8) is 0 Å². The molecule has 1 rings (SSSR count). The number of primary sulfonamides is 1. The molecule has 11 heteroatoms. The van der Waals surface area contributed by atoms with Gasteiger partial charge in [-0.25, -0.2) is 22.0 Å². The number of hydrogen-bond donors (Lipinski definition) is 1. The van der Waals surface area contributed by atoms with E-state index in [0.29, 0.717) is 17.9 Å². The van der Waals surface area contributed by atoms with Crippen molar-refractivity contribution in [2.75, 3.05) is 20.0 Å². The highest BCUT2D eigenvalue weighted by atomic mass is 32.3. The third kappa shape index (κ3) is 4.98. The molecule has 0 aliphatic carbocycles. The van der Waals surface area contributed by atoms with Gasteiger partial charge < -0.3 is 14.2 Å². The van der Waals surface area contributed by atoms with Gasteiger partial charge in [0.15, 0.2) is 9.84 Å². The molecule has 8 nitrogen and oxygen atoms in total. The van der Waals surface area contributed by atoms with E-state index in [0.717, 1.165) is 6.26 Å². The molecule has 2 atom stereocenters. The van der Waals surface area contributed by atoms with Gasteiger partial charge in [0.05, 0.1) is 6.10 Å². The van der Waals surface area contributed by atoms with E-state index in [4.69, 9.17) is 19.3 Å². The van der Waals surface area contributed by atoms with Crippen LogP contribution in [-0.4, -0.2) is 43.3 Å². The number of thiophene rings is 1. The first kappa shape index (κ1) is 19.5. The lowest BCUT2D eigenvalue weighted by Gasteiger charge is -2.20. The topological polar surface area (TPSA) is 122 Å². The van der Waals surface area contributed by atoms with Gasteiger partial charge in [0.25, 0.3) is 6.48 Å². The number of nitrogens with two attached hydrogens (primary N) is 1. The summed E-state index contributed by atoms with van der Waals surface area (Å²) < 4.78 is 61.7. The van der Waals surface area contributed by atoms with Crippen molar-refractivity contribution in [2.45, 2.75) is 34.8 Å². The zero-order valence-electron chi connectivity index (χ0n) is 12.6. The first-order valence-electron chi connectivity index (χ1n) is 6.17. The van der Waals surface area contributed by atoms with Gasteiger partial charge in [-0.1, -0.05) is 0 Å². The molecule has 128 valence electrons. The fourth-order valence-electron chi connectivity index (χ4n) is 1.62. The standard InChI is InChI=1S/C11H19NO7S3/c1-5-18-11(17-3)19-7(2)8-6-9(22(12,15)16)20-10(8)21(4,13)14/h6-7,11H,5H2,1-4H3,(H2,12,15,16). The number of sulfone groups is 1. The van der Waals surface area contributed by atoms with Crippen LogP contribution in [0.2, 0.25) is 0 Å². The Kier molecular flexibility index (Phi) is 6.50. The third-order valence-corrected chi connectivity index (χ3v) is 7.00. The minimum atomic E-state index is -4.01. The molecule has 2 N–H and O–H groups in total. The second kappa shape index (κ2) is 7.34. The van der Waals surface area contributed by atoms with Crippen LogP contribution < -0.4 is 5.14 Å². The smallest absolute Gasteiger partial charge is 0.271 e. The van der Waals surface area contributed by atoms with Crippen LogP contribution in [0.5, 0.6) is 0 Å². The van der Waals surface area contributed by atoms with Crippen molar-refractivity contribution >= 4 is 31.2 Å². The molecule has 0 fully saturated rings. The summed E-state index contributed by atoms with van der Waals surface area (Å²) in [6.07, 6.45) is 0.214. The van der Waals surface area contributed by atoms with Crippen LogP contribution in [0.3, 0.4) is 0 Å². The summed E-state index contributed by atoms with van der Waals surface area (Å²) in [6.45, 7) is 2.64. The van der Waals surface area contributed by atoms with Crippen molar-refractivity contribution in [1.29, 1.82) is 0 Å². The van der Waals surface area contributed by atoms with Crippen LogP contribution in [-0.2, 0) is 34.1 Å². The van der Waals surface area contributed by atoms with Gasteiger partial charge in [0.2, 0.25) is 10.0 Å².